The highest BCUT2D eigenvalue weighted by molar-refractivity contribution is 6.30. The van der Waals surface area contributed by atoms with Gasteiger partial charge in [-0.2, -0.15) is 0 Å². The zero-order valence-electron chi connectivity index (χ0n) is 16.7. The number of rotatable bonds is 6. The van der Waals surface area contributed by atoms with Crippen molar-refractivity contribution >= 4 is 17.3 Å². The summed E-state index contributed by atoms with van der Waals surface area (Å²) in [5, 5.41) is 13.5. The number of benzene rings is 1. The fourth-order valence-corrected chi connectivity index (χ4v) is 4.53. The fraction of sp³-hybridized carbons (Fsp3) is 0.650. The number of hydrogen-bond acceptors (Lipinski definition) is 6. The molecule has 1 aromatic heterocycles. The maximum atomic E-state index is 6.17. The Hall–Kier alpha value is -1.70. The van der Waals surface area contributed by atoms with Crippen LogP contribution < -0.4 is 4.90 Å². The monoisotopic (exact) mass is 404 g/mol. The molecule has 2 unspecified atom stereocenters. The van der Waals surface area contributed by atoms with Crippen molar-refractivity contribution in [2.24, 2.45) is 5.92 Å². The summed E-state index contributed by atoms with van der Waals surface area (Å²) in [7, 11) is 0. The van der Waals surface area contributed by atoms with Gasteiger partial charge < -0.3 is 9.64 Å². The maximum Gasteiger partial charge on any atom is 0.168 e. The van der Waals surface area contributed by atoms with Gasteiger partial charge in [-0.3, -0.25) is 4.90 Å². The zero-order valence-corrected chi connectivity index (χ0v) is 17.4. The molecule has 2 atom stereocenters. The molecule has 8 heteroatoms. The van der Waals surface area contributed by atoms with Gasteiger partial charge in [0.05, 0.1) is 18.7 Å². The number of piperazine rings is 1. The normalized spacial score (nSPS) is 22.1. The Bertz CT molecular complexity index is 768. The molecule has 4 rings (SSSR count). The Morgan fingerprint density at radius 2 is 2.04 bits per heavy atom. The zero-order chi connectivity index (χ0) is 19.5. The van der Waals surface area contributed by atoms with Crippen molar-refractivity contribution in [1.82, 2.24) is 25.1 Å². The molecular formula is C20H29ClN6O. The summed E-state index contributed by atoms with van der Waals surface area (Å²) in [6.45, 7) is 9.98. The summed E-state index contributed by atoms with van der Waals surface area (Å²) in [6, 6.07) is 8.31. The van der Waals surface area contributed by atoms with Crippen LogP contribution >= 0.6 is 11.6 Å². The lowest BCUT2D eigenvalue weighted by Crippen LogP contribution is -2.49. The van der Waals surface area contributed by atoms with Crippen molar-refractivity contribution in [1.29, 1.82) is 0 Å². The molecule has 0 bridgehead atoms. The van der Waals surface area contributed by atoms with Crippen LogP contribution in [0.2, 0.25) is 5.02 Å². The SMILES string of the molecule is CC(C)C(c1nnnn1CC1CCCO1)N1CCN(c2cccc(Cl)c2)CC1. The Balaban J connectivity index is 1.45. The minimum atomic E-state index is 0.206. The number of halogens is 1. The fourth-order valence-electron chi connectivity index (χ4n) is 4.35. The number of ether oxygens (including phenoxy) is 1. The Labute approximate surface area is 171 Å². The van der Waals surface area contributed by atoms with Crippen LogP contribution in [0.15, 0.2) is 24.3 Å². The molecule has 7 nitrogen and oxygen atoms in total. The molecule has 0 amide bonds. The molecule has 3 heterocycles. The number of nitrogens with zero attached hydrogens (tertiary/aromatic N) is 6. The smallest absolute Gasteiger partial charge is 0.168 e. The lowest BCUT2D eigenvalue weighted by atomic mass is 10.0. The standard InChI is InChI=1S/C20H29ClN6O/c1-15(2)19(20-22-23-24-27(20)14-18-7-4-12-28-18)26-10-8-25(9-11-26)17-6-3-5-16(21)13-17/h3,5-6,13,15,18-19H,4,7-12,14H2,1-2H3. The molecule has 0 radical (unpaired) electrons. The summed E-state index contributed by atoms with van der Waals surface area (Å²) < 4.78 is 7.75. The van der Waals surface area contributed by atoms with Gasteiger partial charge in [0.2, 0.25) is 0 Å². The van der Waals surface area contributed by atoms with Gasteiger partial charge in [0, 0.05) is 43.5 Å². The number of anilines is 1. The molecule has 0 aliphatic carbocycles. The first-order valence-electron chi connectivity index (χ1n) is 10.2. The lowest BCUT2D eigenvalue weighted by Gasteiger charge is -2.41. The summed E-state index contributed by atoms with van der Waals surface area (Å²) in [5.41, 5.74) is 1.19. The van der Waals surface area contributed by atoms with E-state index >= 15 is 0 Å². The maximum absolute atomic E-state index is 6.17. The van der Waals surface area contributed by atoms with E-state index in [1.165, 1.54) is 5.69 Å². The average Bonchev–Trinajstić information content (AvgIpc) is 3.35. The van der Waals surface area contributed by atoms with E-state index in [1.807, 2.05) is 22.9 Å². The van der Waals surface area contributed by atoms with Gasteiger partial charge >= 0.3 is 0 Å². The van der Waals surface area contributed by atoms with Crippen LogP contribution in [-0.4, -0.2) is 64.0 Å². The van der Waals surface area contributed by atoms with E-state index in [0.29, 0.717) is 5.92 Å². The van der Waals surface area contributed by atoms with Crippen LogP contribution in [0.3, 0.4) is 0 Å². The van der Waals surface area contributed by atoms with Gasteiger partial charge in [-0.25, -0.2) is 4.68 Å². The summed E-state index contributed by atoms with van der Waals surface area (Å²) in [5.74, 6) is 1.38. The third kappa shape index (κ3) is 4.31. The minimum Gasteiger partial charge on any atom is -0.376 e. The van der Waals surface area contributed by atoms with Crippen molar-refractivity contribution in [3.05, 3.63) is 35.1 Å². The van der Waals surface area contributed by atoms with Gasteiger partial charge in [0.1, 0.15) is 0 Å². The molecule has 0 N–H and O–H groups in total. The van der Waals surface area contributed by atoms with Crippen molar-refractivity contribution in [2.75, 3.05) is 37.7 Å². The van der Waals surface area contributed by atoms with Crippen LogP contribution in [0.4, 0.5) is 5.69 Å². The molecule has 0 spiro atoms. The van der Waals surface area contributed by atoms with Crippen molar-refractivity contribution in [2.45, 2.75) is 45.4 Å². The summed E-state index contributed by atoms with van der Waals surface area (Å²) in [4.78, 5) is 4.92. The Kier molecular flexibility index (Phi) is 6.13. The van der Waals surface area contributed by atoms with E-state index in [4.69, 9.17) is 16.3 Å². The molecule has 152 valence electrons. The van der Waals surface area contributed by atoms with E-state index in [1.54, 1.807) is 0 Å². The van der Waals surface area contributed by atoms with Gasteiger partial charge in [-0.15, -0.1) is 5.10 Å². The Morgan fingerprint density at radius 1 is 1.21 bits per heavy atom. The molecule has 0 saturated carbocycles. The van der Waals surface area contributed by atoms with E-state index in [-0.39, 0.29) is 12.1 Å². The van der Waals surface area contributed by atoms with Crippen LogP contribution in [0, 0.1) is 5.92 Å². The predicted octanol–water partition coefficient (Wildman–Crippen LogP) is 3.02. The quantitative estimate of drug-likeness (QED) is 0.737. The first-order valence-corrected chi connectivity index (χ1v) is 10.6. The van der Waals surface area contributed by atoms with Crippen LogP contribution in [-0.2, 0) is 11.3 Å². The highest BCUT2D eigenvalue weighted by Crippen LogP contribution is 2.30. The van der Waals surface area contributed by atoms with E-state index in [9.17, 15) is 0 Å². The van der Waals surface area contributed by atoms with Gasteiger partial charge in [0.15, 0.2) is 5.82 Å². The summed E-state index contributed by atoms with van der Waals surface area (Å²) in [6.07, 6.45) is 2.44. The molecule has 2 fully saturated rings. The largest absolute Gasteiger partial charge is 0.376 e. The van der Waals surface area contributed by atoms with Crippen molar-refractivity contribution in [3.63, 3.8) is 0 Å². The van der Waals surface area contributed by atoms with Crippen molar-refractivity contribution in [3.8, 4) is 0 Å². The van der Waals surface area contributed by atoms with E-state index in [0.717, 1.165) is 63.0 Å². The molecule has 28 heavy (non-hydrogen) atoms. The van der Waals surface area contributed by atoms with Crippen LogP contribution in [0.1, 0.15) is 38.6 Å². The van der Waals surface area contributed by atoms with E-state index in [2.05, 4.69) is 45.2 Å². The third-order valence-electron chi connectivity index (χ3n) is 5.74. The topological polar surface area (TPSA) is 59.3 Å². The molecule has 2 aliphatic heterocycles. The molecule has 2 aromatic rings. The van der Waals surface area contributed by atoms with Crippen LogP contribution in [0.25, 0.3) is 0 Å². The lowest BCUT2D eigenvalue weighted by molar-refractivity contribution is 0.0865. The second kappa shape index (κ2) is 8.76. The second-order valence-corrected chi connectivity index (χ2v) is 8.48. The molecule has 2 saturated heterocycles. The molecular weight excluding hydrogens is 376 g/mol. The number of aromatic nitrogens is 4. The molecule has 1 aromatic carbocycles. The first kappa shape index (κ1) is 19.6. The minimum absolute atomic E-state index is 0.206. The molecule has 2 aliphatic rings. The van der Waals surface area contributed by atoms with Crippen molar-refractivity contribution < 1.29 is 4.74 Å². The first-order chi connectivity index (χ1) is 13.6. The summed E-state index contributed by atoms with van der Waals surface area (Å²) >= 11 is 6.17. The van der Waals surface area contributed by atoms with Gasteiger partial charge in [-0.05, 0) is 47.4 Å². The highest BCUT2D eigenvalue weighted by atomic mass is 35.5. The number of hydrogen-bond donors (Lipinski definition) is 0. The van der Waals surface area contributed by atoms with Crippen LogP contribution in [0.5, 0.6) is 0 Å². The highest BCUT2D eigenvalue weighted by Gasteiger charge is 2.32. The third-order valence-corrected chi connectivity index (χ3v) is 5.97. The Morgan fingerprint density at radius 3 is 2.71 bits per heavy atom. The van der Waals surface area contributed by atoms with Gasteiger partial charge in [-0.1, -0.05) is 31.5 Å². The average molecular weight is 405 g/mol. The number of tetrazole rings is 1. The van der Waals surface area contributed by atoms with E-state index < -0.39 is 0 Å². The second-order valence-electron chi connectivity index (χ2n) is 8.05. The predicted molar refractivity (Wildman–Crippen MR) is 110 cm³/mol. The van der Waals surface area contributed by atoms with Gasteiger partial charge in [0.25, 0.3) is 0 Å².